The van der Waals surface area contributed by atoms with Gasteiger partial charge in [0.05, 0.1) is 19.3 Å². The molecule has 3 N–H and O–H groups in total. The van der Waals surface area contributed by atoms with Crippen molar-refractivity contribution in [2.75, 3.05) is 5.73 Å². The van der Waals surface area contributed by atoms with Crippen LogP contribution in [-0.2, 0) is 13.2 Å². The van der Waals surface area contributed by atoms with E-state index in [4.69, 9.17) is 10.8 Å². The highest BCUT2D eigenvalue weighted by Crippen LogP contribution is 2.15. The number of aromatic nitrogens is 2. The maximum absolute atomic E-state index is 8.99. The van der Waals surface area contributed by atoms with Crippen LogP contribution < -0.4 is 5.73 Å². The van der Waals surface area contributed by atoms with Crippen LogP contribution in [0.2, 0.25) is 0 Å². The van der Waals surface area contributed by atoms with Gasteiger partial charge in [-0.05, 0) is 17.7 Å². The second kappa shape index (κ2) is 4.67. The maximum Gasteiger partial charge on any atom is 0.127 e. The molecule has 5 heteroatoms. The first-order valence-electron chi connectivity index (χ1n) is 4.86. The van der Waals surface area contributed by atoms with E-state index in [0.717, 1.165) is 10.0 Å². The van der Waals surface area contributed by atoms with Crippen LogP contribution in [0.5, 0.6) is 0 Å². The number of rotatable bonds is 3. The van der Waals surface area contributed by atoms with Gasteiger partial charge in [-0.1, -0.05) is 28.1 Å². The van der Waals surface area contributed by atoms with Gasteiger partial charge in [0, 0.05) is 10.0 Å². The van der Waals surface area contributed by atoms with Crippen molar-refractivity contribution in [1.29, 1.82) is 0 Å². The summed E-state index contributed by atoms with van der Waals surface area (Å²) in [7, 11) is 0. The zero-order chi connectivity index (χ0) is 11.5. The smallest absolute Gasteiger partial charge is 0.127 e. The van der Waals surface area contributed by atoms with Gasteiger partial charge in [0.2, 0.25) is 0 Å². The quantitative estimate of drug-likeness (QED) is 0.901. The van der Waals surface area contributed by atoms with Crippen LogP contribution >= 0.6 is 15.9 Å². The summed E-state index contributed by atoms with van der Waals surface area (Å²) in [6.45, 7) is 0.533. The lowest BCUT2D eigenvalue weighted by atomic mass is 10.2. The van der Waals surface area contributed by atoms with E-state index in [2.05, 4.69) is 21.0 Å². The molecule has 0 aliphatic carbocycles. The van der Waals surface area contributed by atoms with Crippen molar-refractivity contribution in [3.8, 4) is 0 Å². The Morgan fingerprint density at radius 2 is 2.00 bits per heavy atom. The van der Waals surface area contributed by atoms with Crippen LogP contribution in [0.15, 0.2) is 34.9 Å². The molecule has 16 heavy (non-hydrogen) atoms. The first-order valence-corrected chi connectivity index (χ1v) is 5.65. The maximum atomic E-state index is 8.99. The topological polar surface area (TPSA) is 64.1 Å². The number of nitrogens with two attached hydrogens (primary N) is 1. The van der Waals surface area contributed by atoms with E-state index >= 15 is 0 Å². The second-order valence-electron chi connectivity index (χ2n) is 3.50. The highest BCUT2D eigenvalue weighted by atomic mass is 79.9. The number of aliphatic hydroxyl groups is 1. The molecule has 0 bridgehead atoms. The Labute approximate surface area is 102 Å². The van der Waals surface area contributed by atoms with Gasteiger partial charge in [-0.15, -0.1) is 0 Å². The number of hydrogen-bond acceptors (Lipinski definition) is 3. The Bertz CT molecular complexity index is 478. The van der Waals surface area contributed by atoms with Crippen molar-refractivity contribution in [1.82, 2.24) is 9.78 Å². The molecule has 0 aliphatic heterocycles. The summed E-state index contributed by atoms with van der Waals surface area (Å²) in [6.07, 6.45) is 1.59. The zero-order valence-electron chi connectivity index (χ0n) is 8.60. The number of hydrogen-bond donors (Lipinski definition) is 2. The number of halogens is 1. The molecule has 0 aliphatic rings. The van der Waals surface area contributed by atoms with E-state index in [1.165, 1.54) is 0 Å². The lowest BCUT2D eigenvalue weighted by molar-refractivity contribution is 0.282. The Morgan fingerprint density at radius 1 is 1.31 bits per heavy atom. The van der Waals surface area contributed by atoms with Gasteiger partial charge < -0.3 is 10.8 Å². The van der Waals surface area contributed by atoms with Crippen molar-refractivity contribution >= 4 is 21.7 Å². The highest BCUT2D eigenvalue weighted by molar-refractivity contribution is 9.10. The van der Waals surface area contributed by atoms with Gasteiger partial charge in [-0.3, -0.25) is 0 Å². The molecule has 0 saturated heterocycles. The molecule has 2 rings (SSSR count). The number of anilines is 1. The fraction of sp³-hybridized carbons (Fsp3) is 0.182. The summed E-state index contributed by atoms with van der Waals surface area (Å²) in [5, 5.41) is 13.1. The molecule has 0 spiro atoms. The largest absolute Gasteiger partial charge is 0.391 e. The van der Waals surface area contributed by atoms with E-state index in [9.17, 15) is 0 Å². The van der Waals surface area contributed by atoms with E-state index in [1.54, 1.807) is 10.9 Å². The predicted molar refractivity (Wildman–Crippen MR) is 65.8 cm³/mol. The van der Waals surface area contributed by atoms with Gasteiger partial charge >= 0.3 is 0 Å². The van der Waals surface area contributed by atoms with Gasteiger partial charge in [0.1, 0.15) is 5.82 Å². The van der Waals surface area contributed by atoms with Crippen LogP contribution in [0.1, 0.15) is 11.1 Å². The van der Waals surface area contributed by atoms with Crippen LogP contribution in [0.3, 0.4) is 0 Å². The Kier molecular flexibility index (Phi) is 3.26. The summed E-state index contributed by atoms with van der Waals surface area (Å²) in [4.78, 5) is 0. The minimum Gasteiger partial charge on any atom is -0.391 e. The summed E-state index contributed by atoms with van der Waals surface area (Å²) < 4.78 is 2.72. The molecule has 0 fully saturated rings. The molecule has 4 nitrogen and oxygen atoms in total. The van der Waals surface area contributed by atoms with Gasteiger partial charge in [0.25, 0.3) is 0 Å². The average molecular weight is 282 g/mol. The van der Waals surface area contributed by atoms with E-state index in [-0.39, 0.29) is 6.61 Å². The fourth-order valence-corrected chi connectivity index (χ4v) is 1.71. The van der Waals surface area contributed by atoms with Crippen LogP contribution in [0.4, 0.5) is 5.82 Å². The number of aliphatic hydroxyl groups excluding tert-OH is 1. The van der Waals surface area contributed by atoms with Gasteiger partial charge in [-0.2, -0.15) is 5.10 Å². The van der Waals surface area contributed by atoms with Crippen molar-refractivity contribution in [2.24, 2.45) is 0 Å². The summed E-state index contributed by atoms with van der Waals surface area (Å²) in [5.74, 6) is 0.519. The van der Waals surface area contributed by atoms with E-state index in [1.807, 2.05) is 24.3 Å². The summed E-state index contributed by atoms with van der Waals surface area (Å²) >= 11 is 3.38. The first-order chi connectivity index (χ1) is 7.70. The van der Waals surface area contributed by atoms with Gasteiger partial charge in [-0.25, -0.2) is 4.68 Å². The van der Waals surface area contributed by atoms with Crippen molar-refractivity contribution in [3.63, 3.8) is 0 Å². The number of nitrogen functional groups attached to an aromatic ring is 1. The molecule has 1 heterocycles. The number of benzene rings is 1. The average Bonchev–Trinajstić information content (AvgIpc) is 2.63. The first kappa shape index (κ1) is 11.2. The lowest BCUT2D eigenvalue weighted by Crippen LogP contribution is -2.06. The van der Waals surface area contributed by atoms with Crippen LogP contribution in [0, 0.1) is 0 Å². The molecule has 0 atom stereocenters. The molecule has 1 aromatic heterocycles. The second-order valence-corrected chi connectivity index (χ2v) is 4.41. The van der Waals surface area contributed by atoms with E-state index < -0.39 is 0 Å². The molecular formula is C11H12BrN3O. The molecule has 1 aromatic carbocycles. The van der Waals surface area contributed by atoms with E-state index in [0.29, 0.717) is 17.9 Å². The molecular weight excluding hydrogens is 270 g/mol. The molecule has 0 radical (unpaired) electrons. The van der Waals surface area contributed by atoms with Crippen molar-refractivity contribution in [3.05, 3.63) is 46.1 Å². The predicted octanol–water partition coefficient (Wildman–Crippen LogP) is 1.77. The minimum atomic E-state index is -0.0772. The Balaban J connectivity index is 2.20. The van der Waals surface area contributed by atoms with Gasteiger partial charge in [0.15, 0.2) is 0 Å². The summed E-state index contributed by atoms with van der Waals surface area (Å²) in [6, 6.07) is 7.96. The fourth-order valence-electron chi connectivity index (χ4n) is 1.44. The van der Waals surface area contributed by atoms with Crippen LogP contribution in [-0.4, -0.2) is 14.9 Å². The SMILES string of the molecule is Nc1c(CO)cnn1Cc1ccc(Br)cc1. The lowest BCUT2D eigenvalue weighted by Gasteiger charge is -2.05. The Hall–Kier alpha value is -1.33. The van der Waals surface area contributed by atoms with Crippen LogP contribution in [0.25, 0.3) is 0 Å². The zero-order valence-corrected chi connectivity index (χ0v) is 10.2. The molecule has 0 unspecified atom stereocenters. The standard InChI is InChI=1S/C11H12BrN3O/c12-10-3-1-8(2-4-10)6-15-11(13)9(7-16)5-14-15/h1-5,16H,6-7,13H2. The third-order valence-electron chi connectivity index (χ3n) is 2.38. The number of nitrogens with zero attached hydrogens (tertiary/aromatic N) is 2. The molecule has 84 valence electrons. The third kappa shape index (κ3) is 2.25. The Morgan fingerprint density at radius 3 is 2.56 bits per heavy atom. The minimum absolute atomic E-state index is 0.0772. The normalized spacial score (nSPS) is 10.6. The highest BCUT2D eigenvalue weighted by Gasteiger charge is 2.06. The molecule has 2 aromatic rings. The summed E-state index contributed by atoms with van der Waals surface area (Å²) in [5.41, 5.74) is 7.60. The molecule has 0 amide bonds. The van der Waals surface area contributed by atoms with Crippen molar-refractivity contribution < 1.29 is 5.11 Å². The molecule has 0 saturated carbocycles. The van der Waals surface area contributed by atoms with Crippen molar-refractivity contribution in [2.45, 2.75) is 13.2 Å². The monoisotopic (exact) mass is 281 g/mol. The third-order valence-corrected chi connectivity index (χ3v) is 2.90.